The Hall–Kier alpha value is -5.17. The van der Waals surface area contributed by atoms with E-state index in [4.69, 9.17) is 0 Å². The van der Waals surface area contributed by atoms with Gasteiger partial charge >= 0.3 is 5.97 Å². The molecular formula is C54H67N3O4. The van der Waals surface area contributed by atoms with Crippen LogP contribution in [0.1, 0.15) is 147 Å². The van der Waals surface area contributed by atoms with Gasteiger partial charge in [0.05, 0.1) is 11.0 Å². The molecule has 0 fully saturated rings. The van der Waals surface area contributed by atoms with Crippen molar-refractivity contribution in [3.05, 3.63) is 100 Å². The second kappa shape index (κ2) is 19.3. The molecule has 61 heavy (non-hydrogen) atoms. The van der Waals surface area contributed by atoms with Crippen LogP contribution in [0.5, 0.6) is 0 Å². The standard InChI is InChI=1S/C54H67N3O4/c1-7-11-15-17-18-20-33-57-46-27-25-37-34-38(53(60)61)24-26-39(37)50(46)54(5,6)48(57)36-43-51(58)42(52(43)59)35-47-41-23-21-22-40-44(55(30-13-9-3)31-14-10-4)28-29-45(49(40)41)56(47)32-19-16-12-8-2/h21-29,34-36H,7-20,30-33H2,1-6H3,(H-,58,59,60,61). The van der Waals surface area contributed by atoms with Crippen molar-refractivity contribution in [1.29, 1.82) is 0 Å². The van der Waals surface area contributed by atoms with Gasteiger partial charge in [-0.1, -0.05) is 116 Å². The van der Waals surface area contributed by atoms with Gasteiger partial charge in [-0.3, -0.25) is 4.79 Å². The maximum absolute atomic E-state index is 14.4. The summed E-state index contributed by atoms with van der Waals surface area (Å²) in [4.78, 5) is 28.8. The first-order valence-electron chi connectivity index (χ1n) is 23.5. The van der Waals surface area contributed by atoms with E-state index < -0.39 is 11.4 Å². The zero-order valence-corrected chi connectivity index (χ0v) is 37.7. The zero-order chi connectivity index (χ0) is 43.3. The highest BCUT2D eigenvalue weighted by Gasteiger charge is 2.46. The Morgan fingerprint density at radius 1 is 0.770 bits per heavy atom. The summed E-state index contributed by atoms with van der Waals surface area (Å²) in [6.45, 7) is 16.9. The predicted octanol–water partition coefficient (Wildman–Crippen LogP) is 11.7. The Morgan fingerprint density at radius 3 is 2.13 bits per heavy atom. The van der Waals surface area contributed by atoms with Crippen molar-refractivity contribution < 1.29 is 24.4 Å². The third kappa shape index (κ3) is 8.54. The molecule has 0 bridgehead atoms. The summed E-state index contributed by atoms with van der Waals surface area (Å²) in [5.41, 5.74) is 5.72. The summed E-state index contributed by atoms with van der Waals surface area (Å²) < 4.78 is 4.68. The molecule has 1 aromatic heterocycles. The zero-order valence-electron chi connectivity index (χ0n) is 37.7. The van der Waals surface area contributed by atoms with Crippen LogP contribution in [-0.4, -0.2) is 51.3 Å². The Morgan fingerprint density at radius 2 is 1.44 bits per heavy atom. The van der Waals surface area contributed by atoms with Gasteiger partial charge in [-0.25, -0.2) is 4.79 Å². The molecule has 0 amide bonds. The second-order valence-electron chi connectivity index (χ2n) is 18.0. The lowest BCUT2D eigenvalue weighted by molar-refractivity contribution is -0.438. The van der Waals surface area contributed by atoms with Gasteiger partial charge < -0.3 is 19.7 Å². The molecule has 0 saturated heterocycles. The van der Waals surface area contributed by atoms with Crippen LogP contribution in [0.2, 0.25) is 0 Å². The Labute approximate surface area is 363 Å². The lowest BCUT2D eigenvalue weighted by atomic mass is 9.77. The molecule has 7 heteroatoms. The van der Waals surface area contributed by atoms with Crippen LogP contribution >= 0.6 is 0 Å². The number of anilines is 1. The number of hydrogen-bond acceptors (Lipinski definition) is 4. The number of unbranched alkanes of at least 4 members (excludes halogenated alkanes) is 10. The van der Waals surface area contributed by atoms with Gasteiger partial charge in [-0.2, -0.15) is 4.58 Å². The normalized spacial score (nSPS) is 15.9. The number of nitrogens with zero attached hydrogens (tertiary/aromatic N) is 3. The lowest BCUT2D eigenvalue weighted by Crippen LogP contribution is -2.34. The number of aromatic nitrogens is 1. The van der Waals surface area contributed by atoms with Crippen LogP contribution in [0.4, 0.5) is 11.4 Å². The van der Waals surface area contributed by atoms with E-state index in [1.54, 1.807) is 12.1 Å². The number of fused-ring (bicyclic) bond motifs is 3. The van der Waals surface area contributed by atoms with Gasteiger partial charge in [0.15, 0.2) is 11.5 Å². The number of rotatable bonds is 22. The molecule has 1 aliphatic carbocycles. The van der Waals surface area contributed by atoms with Gasteiger partial charge in [0.1, 0.15) is 6.54 Å². The number of carbonyl (C=O) groups is 2. The average molecular weight is 822 g/mol. The fraction of sp³-hybridized carbons (Fsp3) is 0.463. The van der Waals surface area contributed by atoms with Crippen LogP contribution in [0, 0.1) is 0 Å². The van der Waals surface area contributed by atoms with E-state index >= 15 is 0 Å². The van der Waals surface area contributed by atoms with Crippen molar-refractivity contribution >= 4 is 67.4 Å². The third-order valence-electron chi connectivity index (χ3n) is 13.4. The minimum Gasteiger partial charge on any atom is -0.871 e. The first-order valence-corrected chi connectivity index (χ1v) is 23.5. The molecule has 5 aromatic rings. The van der Waals surface area contributed by atoms with E-state index in [-0.39, 0.29) is 28.3 Å². The lowest BCUT2D eigenvalue weighted by Gasteiger charge is -2.29. The van der Waals surface area contributed by atoms with E-state index in [0.29, 0.717) is 0 Å². The van der Waals surface area contributed by atoms with Crippen molar-refractivity contribution in [3.8, 4) is 0 Å². The largest absolute Gasteiger partial charge is 0.871 e. The average Bonchev–Trinajstić information content (AvgIpc) is 3.68. The third-order valence-corrected chi connectivity index (χ3v) is 13.4. The fourth-order valence-electron chi connectivity index (χ4n) is 9.95. The van der Waals surface area contributed by atoms with Crippen LogP contribution in [-0.2, 0) is 16.8 Å². The number of Topliss-reactive ketones (excluding diaryl/α,β-unsaturated/α-hetero) is 1. The molecule has 322 valence electrons. The number of carbonyl (C=O) groups excluding carboxylic acids is 1. The van der Waals surface area contributed by atoms with Crippen LogP contribution in [0.15, 0.2) is 83.6 Å². The highest BCUT2D eigenvalue weighted by atomic mass is 16.4. The van der Waals surface area contributed by atoms with Gasteiger partial charge in [-0.15, -0.1) is 0 Å². The van der Waals surface area contributed by atoms with E-state index in [0.717, 1.165) is 128 Å². The summed E-state index contributed by atoms with van der Waals surface area (Å²) in [7, 11) is 0. The highest BCUT2D eigenvalue weighted by Crippen LogP contribution is 2.46. The number of benzene rings is 4. The molecule has 2 aliphatic rings. The Bertz CT molecular complexity index is 2580. The summed E-state index contributed by atoms with van der Waals surface area (Å²) in [5.74, 6) is -1.36. The van der Waals surface area contributed by atoms with E-state index in [9.17, 15) is 19.8 Å². The smallest absolute Gasteiger partial charge is 0.335 e. The molecule has 0 atom stereocenters. The molecule has 7 rings (SSSR count). The number of carboxylic acids is 1. The monoisotopic (exact) mass is 822 g/mol. The Balaban J connectivity index is 1.33. The van der Waals surface area contributed by atoms with Crippen LogP contribution in [0.3, 0.4) is 0 Å². The van der Waals surface area contributed by atoms with Crippen molar-refractivity contribution in [1.82, 2.24) is 4.57 Å². The fourth-order valence-corrected chi connectivity index (χ4v) is 9.95. The number of ketones is 1. The SMILES string of the molecule is CCCCCCCC[N+]1=C(/C=C2\C(=O)C(/C=c3\c4cccc5c(N(CCCC)CCCC)ccc(c54)n3CCCCCC)=C2[O-])C(C)(C)c2c1ccc1cc(C(=O)O)ccc21. The molecule has 0 spiro atoms. The van der Waals surface area contributed by atoms with Crippen molar-refractivity contribution in [2.24, 2.45) is 0 Å². The van der Waals surface area contributed by atoms with E-state index in [2.05, 4.69) is 92.0 Å². The van der Waals surface area contributed by atoms with Crippen molar-refractivity contribution in [2.45, 2.75) is 143 Å². The number of allylic oxidation sites excluding steroid dienone is 3. The second-order valence-corrected chi connectivity index (χ2v) is 18.0. The number of carboxylic acid groups (broad SMARTS) is 1. The molecule has 2 heterocycles. The van der Waals surface area contributed by atoms with Crippen molar-refractivity contribution in [3.63, 3.8) is 0 Å². The highest BCUT2D eigenvalue weighted by molar-refractivity contribution is 6.27. The van der Waals surface area contributed by atoms with Gasteiger partial charge in [0, 0.05) is 87.6 Å². The summed E-state index contributed by atoms with van der Waals surface area (Å²) in [6, 6.07) is 20.5. The minimum atomic E-state index is -0.952. The quantitative estimate of drug-likeness (QED) is 0.0427. The Kier molecular flexibility index (Phi) is 13.9. The van der Waals surface area contributed by atoms with Gasteiger partial charge in [0.25, 0.3) is 0 Å². The maximum Gasteiger partial charge on any atom is 0.335 e. The predicted molar refractivity (Wildman–Crippen MR) is 253 cm³/mol. The van der Waals surface area contributed by atoms with Crippen molar-refractivity contribution in [2.75, 3.05) is 24.5 Å². The maximum atomic E-state index is 14.4. The number of aryl methyl sites for hydroxylation is 1. The molecule has 0 radical (unpaired) electrons. The number of hydrogen-bond donors (Lipinski definition) is 1. The molecule has 1 aliphatic heterocycles. The molecule has 0 saturated carbocycles. The van der Waals surface area contributed by atoms with Gasteiger partial charge in [0.2, 0.25) is 5.69 Å². The van der Waals surface area contributed by atoms with E-state index in [1.165, 1.54) is 48.6 Å². The summed E-state index contributed by atoms with van der Waals surface area (Å²) in [5, 5.41) is 30.5. The first-order chi connectivity index (χ1) is 29.6. The summed E-state index contributed by atoms with van der Waals surface area (Å²) >= 11 is 0. The molecule has 7 nitrogen and oxygen atoms in total. The van der Waals surface area contributed by atoms with Gasteiger partial charge in [-0.05, 0) is 86.7 Å². The topological polar surface area (TPSA) is 88.6 Å². The first kappa shape index (κ1) is 43.9. The minimum absolute atomic E-state index is 0.202. The molecular weight excluding hydrogens is 755 g/mol. The van der Waals surface area contributed by atoms with Crippen LogP contribution < -0.4 is 15.4 Å². The van der Waals surface area contributed by atoms with Crippen LogP contribution in [0.25, 0.3) is 38.5 Å². The molecule has 1 N–H and O–H groups in total. The van der Waals surface area contributed by atoms with E-state index in [1.807, 2.05) is 24.3 Å². The summed E-state index contributed by atoms with van der Waals surface area (Å²) in [6.07, 6.45) is 19.8. The number of aromatic carboxylic acids is 1. The molecule has 0 unspecified atom stereocenters. The molecule has 4 aromatic carbocycles.